The van der Waals surface area contributed by atoms with Crippen LogP contribution >= 0.6 is 0 Å². The van der Waals surface area contributed by atoms with Crippen molar-refractivity contribution in [3.8, 4) is 0 Å². The molecule has 0 saturated heterocycles. The number of carboxylic acid groups (broad SMARTS) is 3. The molecule has 0 heterocycles. The van der Waals surface area contributed by atoms with Crippen LogP contribution in [0.3, 0.4) is 0 Å². The molecule has 0 aliphatic rings. The highest BCUT2D eigenvalue weighted by atomic mass is 16.4. The molecule has 0 rings (SSSR count). The molecule has 0 amide bonds. The largest absolute Gasteiger partial charge is 0.481 e. The number of unbranched alkanes of at least 4 members (excludes halogenated alkanes) is 15. The van der Waals surface area contributed by atoms with Crippen LogP contribution in [0.25, 0.3) is 0 Å². The number of aliphatic hydroxyl groups is 1. The van der Waals surface area contributed by atoms with Crippen molar-refractivity contribution in [1.82, 2.24) is 0 Å². The Bertz CT molecular complexity index is 431. The van der Waals surface area contributed by atoms with Gasteiger partial charge in [0.25, 0.3) is 0 Å². The molecule has 7 nitrogen and oxygen atoms in total. The smallest absolute Gasteiger partial charge is 0.336 e. The Kier molecular flexibility index (Phi) is 22.0. The van der Waals surface area contributed by atoms with Crippen LogP contribution in [0, 0.1) is 0 Å². The van der Waals surface area contributed by atoms with E-state index < -0.39 is 36.4 Å². The molecule has 7 heteroatoms. The van der Waals surface area contributed by atoms with Crippen molar-refractivity contribution < 1.29 is 34.8 Å². The maximum Gasteiger partial charge on any atom is 0.336 e. The molecule has 31 heavy (non-hydrogen) atoms. The van der Waals surface area contributed by atoms with E-state index in [4.69, 9.17) is 20.4 Å². The molecule has 0 radical (unpaired) electrons. The first-order chi connectivity index (χ1) is 14.7. The average molecular weight is 447 g/mol. The van der Waals surface area contributed by atoms with Gasteiger partial charge in [-0.3, -0.25) is 9.59 Å². The molecular formula is C24H46O7. The lowest BCUT2D eigenvalue weighted by atomic mass is 9.96. The molecule has 0 saturated carbocycles. The molecule has 0 aromatic heterocycles. The summed E-state index contributed by atoms with van der Waals surface area (Å²) < 4.78 is 0. The highest BCUT2D eigenvalue weighted by molar-refractivity contribution is 5.88. The van der Waals surface area contributed by atoms with Gasteiger partial charge in [0, 0.05) is 0 Å². The summed E-state index contributed by atoms with van der Waals surface area (Å²) in [6.07, 6.45) is 21.1. The van der Waals surface area contributed by atoms with Gasteiger partial charge < -0.3 is 20.4 Å². The quantitative estimate of drug-likeness (QED) is 0.168. The second-order valence-electron chi connectivity index (χ2n) is 8.43. The van der Waals surface area contributed by atoms with Crippen molar-refractivity contribution in [1.29, 1.82) is 0 Å². The summed E-state index contributed by atoms with van der Waals surface area (Å²) in [6, 6.07) is 0. The third kappa shape index (κ3) is 22.9. The molecule has 0 atom stereocenters. The van der Waals surface area contributed by atoms with Crippen LogP contribution in [0.2, 0.25) is 0 Å². The minimum absolute atomic E-state index is 1.14. The van der Waals surface area contributed by atoms with E-state index >= 15 is 0 Å². The van der Waals surface area contributed by atoms with Gasteiger partial charge in [0.15, 0.2) is 5.60 Å². The molecule has 0 bridgehead atoms. The zero-order valence-corrected chi connectivity index (χ0v) is 19.7. The van der Waals surface area contributed by atoms with Gasteiger partial charge in [-0.2, -0.15) is 0 Å². The number of rotatable bonds is 20. The Morgan fingerprint density at radius 3 is 0.903 bits per heavy atom. The summed E-state index contributed by atoms with van der Waals surface area (Å²) in [4.78, 5) is 30.5. The lowest BCUT2D eigenvalue weighted by Gasteiger charge is -2.18. The number of aliphatic carboxylic acids is 3. The first-order valence-electron chi connectivity index (χ1n) is 12.1. The number of carbonyl (C=O) groups is 3. The van der Waals surface area contributed by atoms with Gasteiger partial charge in [0.2, 0.25) is 0 Å². The molecule has 0 aromatic rings. The van der Waals surface area contributed by atoms with E-state index in [9.17, 15) is 14.4 Å². The van der Waals surface area contributed by atoms with E-state index in [-0.39, 0.29) is 0 Å². The van der Waals surface area contributed by atoms with Gasteiger partial charge in [-0.15, -0.1) is 0 Å². The highest BCUT2D eigenvalue weighted by Gasteiger charge is 2.40. The summed E-state index contributed by atoms with van der Waals surface area (Å²) in [6.45, 7) is 4.59. The van der Waals surface area contributed by atoms with E-state index in [1.807, 2.05) is 0 Å². The Labute approximate surface area is 188 Å². The Hall–Kier alpha value is -1.63. The highest BCUT2D eigenvalue weighted by Crippen LogP contribution is 2.16. The van der Waals surface area contributed by atoms with Crippen LogP contribution in [0.1, 0.15) is 129 Å². The second kappa shape index (κ2) is 21.6. The van der Waals surface area contributed by atoms with Crippen molar-refractivity contribution in [2.45, 2.75) is 135 Å². The Balaban J connectivity index is 0. The first kappa shape index (κ1) is 31.6. The lowest BCUT2D eigenvalue weighted by molar-refractivity contribution is -0.170. The van der Waals surface area contributed by atoms with Crippen LogP contribution in [0.5, 0.6) is 0 Å². The van der Waals surface area contributed by atoms with Crippen molar-refractivity contribution >= 4 is 17.9 Å². The molecule has 0 aliphatic carbocycles. The molecule has 0 fully saturated rings. The van der Waals surface area contributed by atoms with Crippen LogP contribution in [-0.4, -0.2) is 43.9 Å². The number of hydrogen-bond donors (Lipinski definition) is 4. The first-order valence-corrected chi connectivity index (χ1v) is 12.1. The average Bonchev–Trinajstić information content (AvgIpc) is 2.67. The molecular weight excluding hydrogens is 400 g/mol. The Morgan fingerprint density at radius 2 is 0.742 bits per heavy atom. The molecule has 0 aromatic carbocycles. The van der Waals surface area contributed by atoms with E-state index in [0.717, 1.165) is 0 Å². The van der Waals surface area contributed by atoms with E-state index in [0.29, 0.717) is 0 Å². The van der Waals surface area contributed by atoms with Crippen molar-refractivity contribution in [2.24, 2.45) is 0 Å². The summed E-state index contributed by atoms with van der Waals surface area (Å²) in [7, 11) is 0. The SMILES string of the molecule is CCCCCCCCCCCCCCCCCC.O=C(O)CC(O)(CC(=O)O)C(=O)O. The third-order valence-electron chi connectivity index (χ3n) is 5.24. The molecule has 0 aliphatic heterocycles. The van der Waals surface area contributed by atoms with Gasteiger partial charge in [-0.1, -0.05) is 117 Å². The van der Waals surface area contributed by atoms with Gasteiger partial charge in [-0.25, -0.2) is 4.79 Å². The monoisotopic (exact) mass is 446 g/mol. The molecule has 0 unspecified atom stereocenters. The van der Waals surface area contributed by atoms with Gasteiger partial charge in [0.05, 0.1) is 12.8 Å². The number of carboxylic acids is 3. The minimum Gasteiger partial charge on any atom is -0.481 e. The third-order valence-corrected chi connectivity index (χ3v) is 5.24. The van der Waals surface area contributed by atoms with Crippen molar-refractivity contribution in [3.05, 3.63) is 0 Å². The minimum atomic E-state index is -2.74. The van der Waals surface area contributed by atoms with E-state index in [1.54, 1.807) is 0 Å². The van der Waals surface area contributed by atoms with Gasteiger partial charge >= 0.3 is 17.9 Å². The molecule has 184 valence electrons. The van der Waals surface area contributed by atoms with Crippen LogP contribution < -0.4 is 0 Å². The molecule has 0 spiro atoms. The summed E-state index contributed by atoms with van der Waals surface area (Å²) >= 11 is 0. The normalized spacial score (nSPS) is 10.9. The maximum absolute atomic E-state index is 10.3. The summed E-state index contributed by atoms with van der Waals surface area (Å²) in [5.41, 5.74) is -2.74. The van der Waals surface area contributed by atoms with Crippen LogP contribution in [-0.2, 0) is 14.4 Å². The standard InChI is InChI=1S/C18H38.C6H8O7/c1-3-5-7-9-11-13-15-17-18-16-14-12-10-8-6-4-2;7-3(8)1-6(13,5(11)12)2-4(9)10/h3-18H2,1-2H3;13H,1-2H2,(H,7,8)(H,9,10)(H,11,12). The second-order valence-corrected chi connectivity index (χ2v) is 8.43. The van der Waals surface area contributed by atoms with Crippen LogP contribution in [0.15, 0.2) is 0 Å². The van der Waals surface area contributed by atoms with Gasteiger partial charge in [0.1, 0.15) is 0 Å². The number of hydrogen-bond acceptors (Lipinski definition) is 4. The predicted octanol–water partition coefficient (Wildman–Crippen LogP) is 6.02. The zero-order chi connectivity index (χ0) is 24.0. The maximum atomic E-state index is 10.3. The predicted molar refractivity (Wildman–Crippen MR) is 122 cm³/mol. The van der Waals surface area contributed by atoms with E-state index in [1.165, 1.54) is 103 Å². The zero-order valence-electron chi connectivity index (χ0n) is 19.7. The van der Waals surface area contributed by atoms with Crippen molar-refractivity contribution in [3.63, 3.8) is 0 Å². The topological polar surface area (TPSA) is 132 Å². The lowest BCUT2D eigenvalue weighted by Crippen LogP contribution is -2.42. The fourth-order valence-electron chi connectivity index (χ4n) is 3.34. The van der Waals surface area contributed by atoms with Crippen molar-refractivity contribution in [2.75, 3.05) is 0 Å². The Morgan fingerprint density at radius 1 is 0.516 bits per heavy atom. The fraction of sp³-hybridized carbons (Fsp3) is 0.875. The van der Waals surface area contributed by atoms with E-state index in [2.05, 4.69) is 13.8 Å². The van der Waals surface area contributed by atoms with Crippen LogP contribution in [0.4, 0.5) is 0 Å². The van der Waals surface area contributed by atoms with Gasteiger partial charge in [-0.05, 0) is 0 Å². The molecule has 4 N–H and O–H groups in total. The summed E-state index contributed by atoms with van der Waals surface area (Å²) in [5, 5.41) is 33.8. The summed E-state index contributed by atoms with van der Waals surface area (Å²) in [5.74, 6) is -5.02. The fourth-order valence-corrected chi connectivity index (χ4v) is 3.34.